The summed E-state index contributed by atoms with van der Waals surface area (Å²) in [7, 11) is 2.76. The van der Waals surface area contributed by atoms with E-state index in [1.54, 1.807) is 48.5 Å². The monoisotopic (exact) mass is 425 g/mol. The minimum absolute atomic E-state index is 0.226. The van der Waals surface area contributed by atoms with Crippen molar-refractivity contribution in [1.82, 2.24) is 10.6 Å². The Kier molecular flexibility index (Phi) is 6.76. The quantitative estimate of drug-likeness (QED) is 0.587. The number of hydrogen-bond donors (Lipinski definition) is 3. The van der Waals surface area contributed by atoms with Crippen LogP contribution in [-0.2, 0) is 14.3 Å². The number of benzene rings is 2. The van der Waals surface area contributed by atoms with E-state index in [-0.39, 0.29) is 12.3 Å². The van der Waals surface area contributed by atoms with E-state index in [9.17, 15) is 14.4 Å². The van der Waals surface area contributed by atoms with E-state index in [1.807, 2.05) is 0 Å². The molecule has 1 aliphatic rings. The second-order valence-corrected chi connectivity index (χ2v) is 6.67. The van der Waals surface area contributed by atoms with Gasteiger partial charge < -0.3 is 30.2 Å². The van der Waals surface area contributed by atoms with Gasteiger partial charge >= 0.3 is 12.0 Å². The van der Waals surface area contributed by atoms with Gasteiger partial charge in [0.05, 0.1) is 25.9 Å². The number of urea groups is 1. The first-order valence-corrected chi connectivity index (χ1v) is 9.43. The molecule has 9 nitrogen and oxygen atoms in total. The molecule has 0 aromatic heterocycles. The van der Waals surface area contributed by atoms with Gasteiger partial charge in [0.25, 0.3) is 0 Å². The molecule has 3 rings (SSSR count). The zero-order valence-electron chi connectivity index (χ0n) is 17.1. The number of nitrogens with one attached hydrogen (secondary N) is 3. The summed E-state index contributed by atoms with van der Waals surface area (Å²) < 4.78 is 15.5. The van der Waals surface area contributed by atoms with Crippen molar-refractivity contribution in [3.8, 4) is 11.5 Å². The Bertz CT molecular complexity index is 1010. The number of esters is 1. The van der Waals surface area contributed by atoms with Crippen molar-refractivity contribution in [1.29, 1.82) is 0 Å². The Balaban J connectivity index is 1.92. The topological polar surface area (TPSA) is 115 Å². The molecule has 0 radical (unpaired) electrons. The molecule has 31 heavy (non-hydrogen) atoms. The third-order valence-electron chi connectivity index (χ3n) is 4.74. The highest BCUT2D eigenvalue weighted by atomic mass is 16.6. The Morgan fingerprint density at radius 2 is 1.74 bits per heavy atom. The molecule has 9 heteroatoms. The van der Waals surface area contributed by atoms with Crippen LogP contribution in [0.4, 0.5) is 10.5 Å². The van der Waals surface area contributed by atoms with E-state index >= 15 is 0 Å². The number of methoxy groups -OCH3 is 2. The zero-order chi connectivity index (χ0) is 22.4. The lowest BCUT2D eigenvalue weighted by atomic mass is 9.87. The molecule has 162 valence electrons. The molecule has 0 spiro atoms. The van der Waals surface area contributed by atoms with Crippen LogP contribution in [0.15, 0.2) is 60.8 Å². The largest absolute Gasteiger partial charge is 0.495 e. The SMILES string of the molecule is C=C1NC(=O)N[C@H](c2ccccc2OCC(=O)OC)[C@H]1C(=O)Nc1ccccc1OC. The van der Waals surface area contributed by atoms with Crippen LogP contribution in [0.1, 0.15) is 11.6 Å². The van der Waals surface area contributed by atoms with Crippen molar-refractivity contribution < 1.29 is 28.6 Å². The smallest absolute Gasteiger partial charge is 0.343 e. The van der Waals surface area contributed by atoms with E-state index in [4.69, 9.17) is 9.47 Å². The van der Waals surface area contributed by atoms with Crippen LogP contribution in [0.25, 0.3) is 0 Å². The van der Waals surface area contributed by atoms with E-state index in [0.29, 0.717) is 22.7 Å². The summed E-state index contributed by atoms with van der Waals surface area (Å²) in [4.78, 5) is 36.9. The summed E-state index contributed by atoms with van der Waals surface area (Å²) in [5, 5.41) is 8.13. The number of ether oxygens (including phenoxy) is 3. The van der Waals surface area contributed by atoms with Gasteiger partial charge in [-0.25, -0.2) is 9.59 Å². The molecule has 1 heterocycles. The Hall–Kier alpha value is -4.01. The molecular formula is C22H23N3O6. The van der Waals surface area contributed by atoms with Crippen LogP contribution < -0.4 is 25.4 Å². The maximum atomic E-state index is 13.2. The molecule has 2 aromatic rings. The number of para-hydroxylation sites is 3. The van der Waals surface area contributed by atoms with Gasteiger partial charge in [-0.3, -0.25) is 4.79 Å². The van der Waals surface area contributed by atoms with Crippen LogP contribution >= 0.6 is 0 Å². The van der Waals surface area contributed by atoms with Crippen LogP contribution in [0.2, 0.25) is 0 Å². The zero-order valence-corrected chi connectivity index (χ0v) is 17.1. The molecule has 0 unspecified atom stereocenters. The Labute approximate surface area is 179 Å². The number of anilines is 1. The number of rotatable bonds is 7. The molecule has 1 aliphatic heterocycles. The molecule has 0 aliphatic carbocycles. The molecule has 3 N–H and O–H groups in total. The second-order valence-electron chi connectivity index (χ2n) is 6.67. The van der Waals surface area contributed by atoms with Crippen LogP contribution in [0.5, 0.6) is 11.5 Å². The van der Waals surface area contributed by atoms with Gasteiger partial charge in [0.2, 0.25) is 5.91 Å². The molecule has 1 saturated heterocycles. The number of amides is 3. The third kappa shape index (κ3) is 4.95. The lowest BCUT2D eigenvalue weighted by molar-refractivity contribution is -0.143. The second kappa shape index (κ2) is 9.66. The van der Waals surface area contributed by atoms with Crippen molar-refractivity contribution in [3.05, 3.63) is 66.4 Å². The highest BCUT2D eigenvalue weighted by Gasteiger charge is 2.39. The first-order valence-electron chi connectivity index (χ1n) is 9.43. The molecule has 2 aromatic carbocycles. The molecule has 0 saturated carbocycles. The maximum Gasteiger partial charge on any atom is 0.343 e. The fourth-order valence-corrected chi connectivity index (χ4v) is 3.28. The van der Waals surface area contributed by atoms with Crippen molar-refractivity contribution in [3.63, 3.8) is 0 Å². The van der Waals surface area contributed by atoms with Crippen LogP contribution in [0.3, 0.4) is 0 Å². The first kappa shape index (κ1) is 21.7. The highest BCUT2D eigenvalue weighted by Crippen LogP contribution is 2.36. The average molecular weight is 425 g/mol. The average Bonchev–Trinajstić information content (AvgIpc) is 2.77. The van der Waals surface area contributed by atoms with Gasteiger partial charge in [0, 0.05) is 11.3 Å². The summed E-state index contributed by atoms with van der Waals surface area (Å²) >= 11 is 0. The lowest BCUT2D eigenvalue weighted by Gasteiger charge is -2.34. The minimum Gasteiger partial charge on any atom is -0.495 e. The number of carbonyl (C=O) groups is 3. The Morgan fingerprint density at radius 1 is 1.06 bits per heavy atom. The standard InChI is InChI=1S/C22H23N3O6/c1-13-19(21(27)24-15-9-5-7-11-17(15)29-2)20(25-22(28)23-13)14-8-4-6-10-16(14)31-12-18(26)30-3/h4-11,19-20H,1,12H2,2-3H3,(H,24,27)(H2,23,25,28)/t19-,20+/m0/s1. The molecule has 1 fully saturated rings. The van der Waals surface area contributed by atoms with E-state index in [0.717, 1.165) is 0 Å². The van der Waals surface area contributed by atoms with E-state index in [1.165, 1.54) is 14.2 Å². The van der Waals surface area contributed by atoms with Crippen LogP contribution in [0, 0.1) is 5.92 Å². The van der Waals surface area contributed by atoms with Crippen molar-refractivity contribution in [2.45, 2.75) is 6.04 Å². The molecule has 2 atom stereocenters. The summed E-state index contributed by atoms with van der Waals surface area (Å²) in [5.41, 5.74) is 1.22. The van der Waals surface area contributed by atoms with Gasteiger partial charge in [-0.15, -0.1) is 0 Å². The van der Waals surface area contributed by atoms with E-state index in [2.05, 4.69) is 27.3 Å². The summed E-state index contributed by atoms with van der Waals surface area (Å²) in [6.07, 6.45) is 0. The molecular weight excluding hydrogens is 402 g/mol. The first-order chi connectivity index (χ1) is 14.9. The van der Waals surface area contributed by atoms with Gasteiger partial charge in [-0.1, -0.05) is 36.9 Å². The summed E-state index contributed by atoms with van der Waals surface area (Å²) in [6.45, 7) is 3.55. The Morgan fingerprint density at radius 3 is 2.45 bits per heavy atom. The number of carbonyl (C=O) groups excluding carboxylic acids is 3. The maximum absolute atomic E-state index is 13.2. The predicted octanol–water partition coefficient (Wildman–Crippen LogP) is 2.37. The van der Waals surface area contributed by atoms with Gasteiger partial charge in [-0.05, 0) is 18.2 Å². The fraction of sp³-hybridized carbons (Fsp3) is 0.227. The summed E-state index contributed by atoms with van der Waals surface area (Å²) in [6, 6.07) is 12.5. The molecule has 3 amide bonds. The van der Waals surface area contributed by atoms with Crippen molar-refractivity contribution >= 4 is 23.6 Å². The number of hydrogen-bond acceptors (Lipinski definition) is 6. The normalized spacial score (nSPS) is 17.7. The highest BCUT2D eigenvalue weighted by molar-refractivity contribution is 5.98. The van der Waals surface area contributed by atoms with Crippen molar-refractivity contribution in [2.75, 3.05) is 26.1 Å². The fourth-order valence-electron chi connectivity index (χ4n) is 3.28. The van der Waals surface area contributed by atoms with E-state index < -0.39 is 29.9 Å². The summed E-state index contributed by atoms with van der Waals surface area (Å²) in [5.74, 6) is -1.00. The van der Waals surface area contributed by atoms with Crippen LogP contribution in [-0.4, -0.2) is 38.7 Å². The van der Waals surface area contributed by atoms with Gasteiger partial charge in [0.1, 0.15) is 17.4 Å². The van der Waals surface area contributed by atoms with Crippen molar-refractivity contribution in [2.24, 2.45) is 5.92 Å². The van der Waals surface area contributed by atoms with Gasteiger partial charge in [0.15, 0.2) is 6.61 Å². The lowest BCUT2D eigenvalue weighted by Crippen LogP contribution is -2.52. The molecule has 0 bridgehead atoms. The predicted molar refractivity (Wildman–Crippen MR) is 113 cm³/mol. The van der Waals surface area contributed by atoms with Gasteiger partial charge in [-0.2, -0.15) is 0 Å². The minimum atomic E-state index is -0.870. The third-order valence-corrected chi connectivity index (χ3v) is 4.74.